The van der Waals surface area contributed by atoms with E-state index >= 15 is 0 Å². The fourth-order valence-electron chi connectivity index (χ4n) is 0.464. The van der Waals surface area contributed by atoms with Crippen LogP contribution in [0.1, 0.15) is 0 Å². The molecule has 0 aliphatic carbocycles. The summed E-state index contributed by atoms with van der Waals surface area (Å²) in [7, 11) is 0. The zero-order valence-electron chi connectivity index (χ0n) is 7.67. The molecule has 1 rings (SSSR count). The molecule has 0 amide bonds. The standard InChI is InChI=1S/C6H6O2.6Y/c7-5-3-1-2-4-6(5)8;;;;;;/h1-4,7-8H;;;;;;. The number of hydrogen-bond donors (Lipinski definition) is 2. The summed E-state index contributed by atoms with van der Waals surface area (Å²) in [5.74, 6) is -0.153. The Labute approximate surface area is 235 Å². The van der Waals surface area contributed by atoms with E-state index in [0.717, 1.165) is 0 Å². The largest absolute Gasteiger partial charge is 0.504 e. The minimum atomic E-state index is -0.0764. The molecule has 2 nitrogen and oxygen atoms in total. The second-order valence-corrected chi connectivity index (χ2v) is 1.49. The van der Waals surface area contributed by atoms with Gasteiger partial charge in [0.05, 0.1) is 0 Å². The summed E-state index contributed by atoms with van der Waals surface area (Å²) >= 11 is 0. The number of phenolic OH excluding ortho intramolecular Hbond substituents is 2. The predicted octanol–water partition coefficient (Wildman–Crippen LogP) is 1.08. The number of phenols is 2. The van der Waals surface area contributed by atoms with Crippen molar-refractivity contribution in [2.75, 3.05) is 0 Å². The molecular weight excluding hydrogens is 638 g/mol. The van der Waals surface area contributed by atoms with Gasteiger partial charge in [-0.1, -0.05) is 12.1 Å². The first kappa shape index (κ1) is 36.6. The average molecular weight is 644 g/mol. The van der Waals surface area contributed by atoms with E-state index in [1.54, 1.807) is 12.1 Å². The van der Waals surface area contributed by atoms with Gasteiger partial charge in [-0.2, -0.15) is 0 Å². The van der Waals surface area contributed by atoms with Crippen molar-refractivity contribution in [3.63, 3.8) is 0 Å². The molecule has 0 heterocycles. The molecule has 2 N–H and O–H groups in total. The maximum absolute atomic E-state index is 8.67. The molecule has 6 radical (unpaired) electrons. The van der Waals surface area contributed by atoms with Gasteiger partial charge in [-0.05, 0) is 12.1 Å². The van der Waals surface area contributed by atoms with Gasteiger partial charge in [0.25, 0.3) is 0 Å². The van der Waals surface area contributed by atoms with E-state index in [-0.39, 0.29) is 208 Å². The van der Waals surface area contributed by atoms with Gasteiger partial charge in [0, 0.05) is 196 Å². The van der Waals surface area contributed by atoms with Crippen LogP contribution in [-0.2, 0) is 196 Å². The topological polar surface area (TPSA) is 40.5 Å². The van der Waals surface area contributed by atoms with Crippen LogP contribution in [0.3, 0.4) is 0 Å². The van der Waals surface area contributed by atoms with Gasteiger partial charge in [-0.25, -0.2) is 0 Å². The molecule has 0 aliphatic rings. The number of hydrogen-bond acceptors (Lipinski definition) is 2. The molecule has 0 aromatic heterocycles. The van der Waals surface area contributed by atoms with Crippen molar-refractivity contribution in [1.29, 1.82) is 0 Å². The van der Waals surface area contributed by atoms with E-state index in [9.17, 15) is 0 Å². The monoisotopic (exact) mass is 643 g/mol. The SMILES string of the molecule is Oc1ccccc1O.[Y].[Y].[Y].[Y].[Y].[Y]. The van der Waals surface area contributed by atoms with Crippen molar-refractivity contribution < 1.29 is 206 Å². The number of para-hydroxylation sites is 2. The summed E-state index contributed by atoms with van der Waals surface area (Å²) in [5, 5.41) is 17.3. The second-order valence-electron chi connectivity index (χ2n) is 1.49. The van der Waals surface area contributed by atoms with Crippen molar-refractivity contribution in [1.82, 2.24) is 0 Å². The average Bonchev–Trinajstić information content (AvgIpc) is 1.77. The van der Waals surface area contributed by atoms with Gasteiger partial charge < -0.3 is 10.2 Å². The van der Waals surface area contributed by atoms with E-state index in [0.29, 0.717) is 0 Å². The quantitative estimate of drug-likeness (QED) is 0.416. The van der Waals surface area contributed by atoms with Gasteiger partial charge in [-0.3, -0.25) is 0 Å². The summed E-state index contributed by atoms with van der Waals surface area (Å²) in [6.07, 6.45) is 0. The Morgan fingerprint density at radius 3 is 0.929 bits per heavy atom. The van der Waals surface area contributed by atoms with Gasteiger partial charge >= 0.3 is 0 Å². The molecule has 0 spiro atoms. The molecule has 0 atom stereocenters. The summed E-state index contributed by atoms with van der Waals surface area (Å²) in [4.78, 5) is 0. The van der Waals surface area contributed by atoms with Crippen LogP contribution in [0.15, 0.2) is 24.3 Å². The molecule has 0 bridgehead atoms. The smallest absolute Gasteiger partial charge is 0.157 e. The van der Waals surface area contributed by atoms with E-state index in [4.69, 9.17) is 10.2 Å². The zero-order valence-corrected chi connectivity index (χ0v) is 24.7. The molecular formula is C6H6O2Y6. The first-order valence-electron chi connectivity index (χ1n) is 2.27. The molecule has 0 saturated heterocycles. The van der Waals surface area contributed by atoms with Gasteiger partial charge in [-0.15, -0.1) is 0 Å². The molecule has 8 heteroatoms. The first-order chi connectivity index (χ1) is 3.80. The Bertz CT molecular complexity index is 176. The third-order valence-corrected chi connectivity index (χ3v) is 0.882. The van der Waals surface area contributed by atoms with E-state index in [2.05, 4.69) is 0 Å². The van der Waals surface area contributed by atoms with Crippen molar-refractivity contribution in [2.24, 2.45) is 0 Å². The van der Waals surface area contributed by atoms with Crippen molar-refractivity contribution in [3.8, 4) is 11.5 Å². The normalized spacial score (nSPS) is 5.14. The summed E-state index contributed by atoms with van der Waals surface area (Å²) < 4.78 is 0. The fourth-order valence-corrected chi connectivity index (χ4v) is 0.464. The number of benzene rings is 1. The Hall–Kier alpha value is 5.44. The van der Waals surface area contributed by atoms with Crippen LogP contribution in [0.5, 0.6) is 11.5 Å². The van der Waals surface area contributed by atoms with Gasteiger partial charge in [0.1, 0.15) is 0 Å². The van der Waals surface area contributed by atoms with Crippen molar-refractivity contribution >= 4 is 0 Å². The summed E-state index contributed by atoms with van der Waals surface area (Å²) in [5.41, 5.74) is 0. The molecule has 0 fully saturated rings. The van der Waals surface area contributed by atoms with Crippen LogP contribution in [0.4, 0.5) is 0 Å². The number of aromatic hydroxyl groups is 2. The van der Waals surface area contributed by atoms with Crippen LogP contribution in [0.25, 0.3) is 0 Å². The van der Waals surface area contributed by atoms with Crippen LogP contribution < -0.4 is 0 Å². The minimum Gasteiger partial charge on any atom is -0.504 e. The van der Waals surface area contributed by atoms with Crippen molar-refractivity contribution in [3.05, 3.63) is 24.3 Å². The maximum Gasteiger partial charge on any atom is 0.157 e. The van der Waals surface area contributed by atoms with Crippen LogP contribution in [0, 0.1) is 0 Å². The third kappa shape index (κ3) is 17.4. The molecule has 0 saturated carbocycles. The van der Waals surface area contributed by atoms with Crippen LogP contribution in [-0.4, -0.2) is 10.2 Å². The van der Waals surface area contributed by atoms with Gasteiger partial charge in [0.2, 0.25) is 0 Å². The molecule has 14 heavy (non-hydrogen) atoms. The zero-order chi connectivity index (χ0) is 5.98. The van der Waals surface area contributed by atoms with E-state index in [1.165, 1.54) is 12.1 Å². The summed E-state index contributed by atoms with van der Waals surface area (Å²) in [6.45, 7) is 0. The predicted molar refractivity (Wildman–Crippen MR) is 29.8 cm³/mol. The Kier molecular flexibility index (Phi) is 61.5. The Morgan fingerprint density at radius 2 is 0.786 bits per heavy atom. The minimum absolute atomic E-state index is 0. The van der Waals surface area contributed by atoms with E-state index < -0.39 is 0 Å². The van der Waals surface area contributed by atoms with E-state index in [1.807, 2.05) is 0 Å². The first-order valence-corrected chi connectivity index (χ1v) is 2.27. The molecule has 60 valence electrons. The fraction of sp³-hybridized carbons (Fsp3) is 0. The molecule has 1 aromatic rings. The molecule has 0 aliphatic heterocycles. The van der Waals surface area contributed by atoms with Crippen LogP contribution >= 0.6 is 0 Å². The Balaban J connectivity index is -0.0000000267. The van der Waals surface area contributed by atoms with Crippen molar-refractivity contribution in [2.45, 2.75) is 0 Å². The Morgan fingerprint density at radius 1 is 0.571 bits per heavy atom. The third-order valence-electron chi connectivity index (χ3n) is 0.882. The molecule has 1 aromatic carbocycles. The maximum atomic E-state index is 8.67. The number of rotatable bonds is 0. The summed E-state index contributed by atoms with van der Waals surface area (Å²) in [6, 6.07) is 6.15. The van der Waals surface area contributed by atoms with Crippen LogP contribution in [0.2, 0.25) is 0 Å². The molecule has 0 unspecified atom stereocenters. The van der Waals surface area contributed by atoms with Gasteiger partial charge in [0.15, 0.2) is 11.5 Å². The second kappa shape index (κ2) is 23.5.